The summed E-state index contributed by atoms with van der Waals surface area (Å²) >= 11 is 0. The van der Waals surface area contributed by atoms with Gasteiger partial charge in [-0.3, -0.25) is 13.9 Å². The number of hydrogen-bond acceptors (Lipinski definition) is 3. The molecule has 0 atom stereocenters. The molecule has 1 aliphatic heterocycles. The van der Waals surface area contributed by atoms with Crippen molar-refractivity contribution in [2.24, 2.45) is 14.1 Å². The Bertz CT molecular complexity index is 998. The molecule has 0 saturated carbocycles. The minimum Gasteiger partial charge on any atom is -0.487 e. The molecule has 1 fully saturated rings. The molecule has 4 rings (SSSR count). The number of carbonyl (C=O) groups is 1. The van der Waals surface area contributed by atoms with E-state index in [0.717, 1.165) is 16.8 Å². The SMILES string of the molecule is Cn1c(=O)n(C)c2cc(C(=O)N3CC(Oc4ccccc4)C3)ccc21. The van der Waals surface area contributed by atoms with Gasteiger partial charge in [0.2, 0.25) is 0 Å². The van der Waals surface area contributed by atoms with Gasteiger partial charge in [0, 0.05) is 19.7 Å². The molecule has 128 valence electrons. The Hall–Kier alpha value is -3.02. The molecule has 0 spiro atoms. The van der Waals surface area contributed by atoms with Gasteiger partial charge in [0.1, 0.15) is 11.9 Å². The van der Waals surface area contributed by atoms with E-state index in [1.165, 1.54) is 0 Å². The smallest absolute Gasteiger partial charge is 0.328 e. The van der Waals surface area contributed by atoms with Crippen LogP contribution in [0.1, 0.15) is 10.4 Å². The van der Waals surface area contributed by atoms with E-state index in [4.69, 9.17) is 4.74 Å². The van der Waals surface area contributed by atoms with Gasteiger partial charge in [-0.25, -0.2) is 4.79 Å². The molecule has 6 nitrogen and oxygen atoms in total. The Morgan fingerprint density at radius 2 is 1.68 bits per heavy atom. The van der Waals surface area contributed by atoms with E-state index in [2.05, 4.69) is 0 Å². The van der Waals surface area contributed by atoms with Gasteiger partial charge in [-0.05, 0) is 30.3 Å². The highest BCUT2D eigenvalue weighted by Gasteiger charge is 2.33. The maximum absolute atomic E-state index is 12.6. The zero-order chi connectivity index (χ0) is 17.6. The number of para-hydroxylation sites is 1. The van der Waals surface area contributed by atoms with Crippen LogP contribution in [0.4, 0.5) is 0 Å². The molecule has 3 aromatic rings. The van der Waals surface area contributed by atoms with Gasteiger partial charge in [-0.15, -0.1) is 0 Å². The predicted octanol–water partition coefficient (Wildman–Crippen LogP) is 1.78. The predicted molar refractivity (Wildman–Crippen MR) is 94.9 cm³/mol. The number of nitrogens with zero attached hydrogens (tertiary/aromatic N) is 3. The van der Waals surface area contributed by atoms with Crippen LogP contribution in [-0.4, -0.2) is 39.1 Å². The van der Waals surface area contributed by atoms with Gasteiger partial charge < -0.3 is 9.64 Å². The van der Waals surface area contributed by atoms with Crippen molar-refractivity contribution >= 4 is 16.9 Å². The third-order valence-corrected chi connectivity index (χ3v) is 4.70. The number of rotatable bonds is 3. The lowest BCUT2D eigenvalue weighted by Crippen LogP contribution is -2.56. The lowest BCUT2D eigenvalue weighted by atomic mass is 10.1. The Morgan fingerprint density at radius 3 is 2.40 bits per heavy atom. The molecule has 2 heterocycles. The second kappa shape index (κ2) is 5.81. The Kier molecular flexibility index (Phi) is 3.60. The van der Waals surface area contributed by atoms with E-state index in [-0.39, 0.29) is 17.7 Å². The van der Waals surface area contributed by atoms with Crippen LogP contribution in [0.15, 0.2) is 53.3 Å². The first kappa shape index (κ1) is 15.5. The summed E-state index contributed by atoms with van der Waals surface area (Å²) in [5.41, 5.74) is 2.07. The van der Waals surface area contributed by atoms with Crippen LogP contribution in [0.5, 0.6) is 5.75 Å². The number of aryl methyl sites for hydroxylation is 2. The van der Waals surface area contributed by atoms with E-state index < -0.39 is 0 Å². The summed E-state index contributed by atoms with van der Waals surface area (Å²) in [7, 11) is 3.44. The third-order valence-electron chi connectivity index (χ3n) is 4.70. The van der Waals surface area contributed by atoms with Crippen LogP contribution in [0, 0.1) is 0 Å². The van der Waals surface area contributed by atoms with Gasteiger partial charge in [-0.2, -0.15) is 0 Å². The van der Waals surface area contributed by atoms with Crippen molar-refractivity contribution in [2.75, 3.05) is 13.1 Å². The molecular weight excluding hydrogens is 318 g/mol. The van der Waals surface area contributed by atoms with Crippen molar-refractivity contribution in [2.45, 2.75) is 6.10 Å². The van der Waals surface area contributed by atoms with E-state index >= 15 is 0 Å². The summed E-state index contributed by atoms with van der Waals surface area (Å²) in [5, 5.41) is 0. The minimum absolute atomic E-state index is 0.0242. The largest absolute Gasteiger partial charge is 0.487 e. The van der Waals surface area contributed by atoms with E-state index in [1.54, 1.807) is 40.3 Å². The normalized spacial score (nSPS) is 14.6. The Morgan fingerprint density at radius 1 is 1.00 bits per heavy atom. The van der Waals surface area contributed by atoms with Crippen molar-refractivity contribution in [3.05, 3.63) is 64.6 Å². The van der Waals surface area contributed by atoms with E-state index in [9.17, 15) is 9.59 Å². The van der Waals surface area contributed by atoms with E-state index in [0.29, 0.717) is 18.7 Å². The first-order valence-corrected chi connectivity index (χ1v) is 8.21. The maximum Gasteiger partial charge on any atom is 0.328 e. The van der Waals surface area contributed by atoms with Crippen LogP contribution in [0.2, 0.25) is 0 Å². The van der Waals surface area contributed by atoms with Gasteiger partial charge in [0.15, 0.2) is 0 Å². The molecule has 0 bridgehead atoms. The molecule has 1 amide bonds. The fourth-order valence-electron chi connectivity index (χ4n) is 3.19. The summed E-state index contributed by atoms with van der Waals surface area (Å²) < 4.78 is 8.97. The topological polar surface area (TPSA) is 56.5 Å². The number of imidazole rings is 1. The molecule has 2 aromatic carbocycles. The first-order chi connectivity index (χ1) is 12.0. The zero-order valence-corrected chi connectivity index (χ0v) is 14.2. The van der Waals surface area contributed by atoms with Gasteiger partial charge in [-0.1, -0.05) is 18.2 Å². The van der Waals surface area contributed by atoms with Crippen LogP contribution in [0.3, 0.4) is 0 Å². The second-order valence-electron chi connectivity index (χ2n) is 6.37. The zero-order valence-electron chi connectivity index (χ0n) is 14.2. The van der Waals surface area contributed by atoms with Gasteiger partial charge >= 0.3 is 5.69 Å². The number of likely N-dealkylation sites (tertiary alicyclic amines) is 1. The number of aromatic nitrogens is 2. The Balaban J connectivity index is 1.48. The lowest BCUT2D eigenvalue weighted by molar-refractivity contribution is 0.0178. The van der Waals surface area contributed by atoms with Crippen molar-refractivity contribution in [3.8, 4) is 5.75 Å². The quantitative estimate of drug-likeness (QED) is 0.732. The highest BCUT2D eigenvalue weighted by Crippen LogP contribution is 2.21. The fraction of sp³-hybridized carbons (Fsp3) is 0.263. The molecule has 0 unspecified atom stereocenters. The standard InChI is InChI=1S/C19H19N3O3/c1-20-16-9-8-13(10-17(16)21(2)19(20)24)18(23)22-11-15(12-22)25-14-6-4-3-5-7-14/h3-10,15H,11-12H2,1-2H3. The molecule has 6 heteroatoms. The number of fused-ring (bicyclic) bond motifs is 1. The van der Waals surface area contributed by atoms with Crippen LogP contribution in [0.25, 0.3) is 11.0 Å². The molecule has 0 N–H and O–H groups in total. The second-order valence-corrected chi connectivity index (χ2v) is 6.37. The molecular formula is C19H19N3O3. The molecule has 0 aliphatic carbocycles. The first-order valence-electron chi connectivity index (χ1n) is 8.21. The highest BCUT2D eigenvalue weighted by atomic mass is 16.5. The number of benzene rings is 2. The Labute approximate surface area is 144 Å². The van der Waals surface area contributed by atoms with Crippen molar-refractivity contribution in [3.63, 3.8) is 0 Å². The molecule has 0 radical (unpaired) electrons. The summed E-state index contributed by atoms with van der Waals surface area (Å²) in [5.74, 6) is 0.784. The summed E-state index contributed by atoms with van der Waals surface area (Å²) in [6.45, 7) is 1.14. The fourth-order valence-corrected chi connectivity index (χ4v) is 3.19. The van der Waals surface area contributed by atoms with Crippen LogP contribution >= 0.6 is 0 Å². The lowest BCUT2D eigenvalue weighted by Gasteiger charge is -2.39. The number of ether oxygens (including phenoxy) is 1. The van der Waals surface area contributed by atoms with Crippen molar-refractivity contribution in [1.82, 2.24) is 14.0 Å². The highest BCUT2D eigenvalue weighted by molar-refractivity contribution is 5.98. The average Bonchev–Trinajstić information content (AvgIpc) is 2.82. The number of hydrogen-bond donors (Lipinski definition) is 0. The monoisotopic (exact) mass is 337 g/mol. The van der Waals surface area contributed by atoms with E-state index in [1.807, 2.05) is 36.4 Å². The van der Waals surface area contributed by atoms with Gasteiger partial charge in [0.05, 0.1) is 24.1 Å². The molecule has 1 aromatic heterocycles. The molecule has 1 aliphatic rings. The molecule has 1 saturated heterocycles. The summed E-state index contributed by atoms with van der Waals surface area (Å²) in [6, 6.07) is 15.0. The minimum atomic E-state index is -0.0973. The number of amides is 1. The summed E-state index contributed by atoms with van der Waals surface area (Å²) in [4.78, 5) is 26.4. The van der Waals surface area contributed by atoms with Crippen molar-refractivity contribution < 1.29 is 9.53 Å². The van der Waals surface area contributed by atoms with Crippen molar-refractivity contribution in [1.29, 1.82) is 0 Å². The maximum atomic E-state index is 12.6. The van der Waals surface area contributed by atoms with Gasteiger partial charge in [0.25, 0.3) is 5.91 Å². The van der Waals surface area contributed by atoms with Crippen LogP contribution in [-0.2, 0) is 14.1 Å². The summed E-state index contributed by atoms with van der Waals surface area (Å²) in [6.07, 6.45) is 0.0242. The van der Waals surface area contributed by atoms with Crippen LogP contribution < -0.4 is 10.4 Å². The number of carbonyl (C=O) groups excluding carboxylic acids is 1. The average molecular weight is 337 g/mol. The molecule has 25 heavy (non-hydrogen) atoms. The third kappa shape index (κ3) is 2.59.